The summed E-state index contributed by atoms with van der Waals surface area (Å²) >= 11 is 0. The Hall–Kier alpha value is -3.72. The number of nitrogens with one attached hydrogen (secondary N) is 1. The Bertz CT molecular complexity index is 1050. The molecular weight excluding hydrogens is 382 g/mol. The predicted molar refractivity (Wildman–Crippen MR) is 118 cm³/mol. The molecule has 2 aromatic carbocycles. The smallest absolute Gasteiger partial charge is 0.271 e. The monoisotopic (exact) mass is 405 g/mol. The lowest BCUT2D eigenvalue weighted by Gasteiger charge is -2.34. The highest BCUT2D eigenvalue weighted by atomic mass is 16.6. The summed E-state index contributed by atoms with van der Waals surface area (Å²) in [5, 5.41) is 14.2. The van der Waals surface area contributed by atoms with E-state index in [2.05, 4.69) is 44.3 Å². The molecule has 0 saturated carbocycles. The first-order chi connectivity index (χ1) is 14.5. The second-order valence-corrected chi connectivity index (χ2v) is 7.26. The zero-order valence-electron chi connectivity index (χ0n) is 16.7. The van der Waals surface area contributed by atoms with Gasteiger partial charge in [0.05, 0.1) is 4.92 Å². The highest BCUT2D eigenvalue weighted by Crippen LogP contribution is 2.31. The van der Waals surface area contributed by atoms with Crippen LogP contribution < -0.4 is 16.0 Å². The number of nitrogens with zero attached hydrogens (tertiary/aromatic N) is 5. The molecule has 1 aliphatic rings. The van der Waals surface area contributed by atoms with Crippen LogP contribution in [0.25, 0.3) is 11.1 Å². The van der Waals surface area contributed by atoms with Gasteiger partial charge in [0, 0.05) is 61.4 Å². The molecule has 9 nitrogen and oxygen atoms in total. The van der Waals surface area contributed by atoms with Crippen LogP contribution in [0.15, 0.2) is 54.7 Å². The summed E-state index contributed by atoms with van der Waals surface area (Å²) in [6.07, 6.45) is 1.66. The fourth-order valence-corrected chi connectivity index (χ4v) is 3.45. The Morgan fingerprint density at radius 1 is 1.10 bits per heavy atom. The second kappa shape index (κ2) is 8.34. The molecule has 3 N–H and O–H groups in total. The molecule has 1 aromatic heterocycles. The van der Waals surface area contributed by atoms with Crippen molar-refractivity contribution in [3.8, 4) is 11.1 Å². The molecule has 0 spiro atoms. The van der Waals surface area contributed by atoms with E-state index >= 15 is 0 Å². The zero-order chi connectivity index (χ0) is 21.1. The van der Waals surface area contributed by atoms with Gasteiger partial charge >= 0.3 is 0 Å². The van der Waals surface area contributed by atoms with E-state index in [4.69, 9.17) is 5.73 Å². The van der Waals surface area contributed by atoms with E-state index in [1.807, 2.05) is 12.1 Å². The standard InChI is InChI=1S/C21H23N7O2/c1-26-9-11-27(12-10-26)17-7-5-15(6-8-17)19-14-23-21(22)25-20(19)24-16-3-2-4-18(13-16)28(29)30/h2-8,13-14H,9-12H2,1H3,(H3,22,23,24,25). The number of nitrogens with two attached hydrogens (primary N) is 1. The van der Waals surface area contributed by atoms with Crippen molar-refractivity contribution in [2.75, 3.05) is 49.2 Å². The van der Waals surface area contributed by atoms with Crippen molar-refractivity contribution in [1.82, 2.24) is 14.9 Å². The van der Waals surface area contributed by atoms with Crippen LogP contribution in [0.2, 0.25) is 0 Å². The molecule has 4 rings (SSSR count). The van der Waals surface area contributed by atoms with E-state index in [9.17, 15) is 10.1 Å². The van der Waals surface area contributed by atoms with Crippen LogP contribution in [0, 0.1) is 10.1 Å². The van der Waals surface area contributed by atoms with Gasteiger partial charge < -0.3 is 20.9 Å². The summed E-state index contributed by atoms with van der Waals surface area (Å²) in [6, 6.07) is 14.5. The summed E-state index contributed by atoms with van der Waals surface area (Å²) in [5.41, 5.74) is 9.22. The van der Waals surface area contributed by atoms with Crippen molar-refractivity contribution in [3.05, 3.63) is 64.8 Å². The van der Waals surface area contributed by atoms with Gasteiger partial charge in [-0.15, -0.1) is 0 Å². The molecule has 0 bridgehead atoms. The van der Waals surface area contributed by atoms with Crippen molar-refractivity contribution in [1.29, 1.82) is 0 Å². The number of nitro benzene ring substituents is 1. The third-order valence-electron chi connectivity index (χ3n) is 5.17. The van der Waals surface area contributed by atoms with Crippen molar-refractivity contribution >= 4 is 28.8 Å². The molecule has 0 unspecified atom stereocenters. The van der Waals surface area contributed by atoms with Crippen LogP contribution in [-0.2, 0) is 0 Å². The molecular formula is C21H23N7O2. The number of rotatable bonds is 5. The van der Waals surface area contributed by atoms with Crippen LogP contribution in [0.4, 0.5) is 28.8 Å². The lowest BCUT2D eigenvalue weighted by Crippen LogP contribution is -2.44. The number of likely N-dealkylation sites (N-methyl/N-ethyl adjacent to an activating group) is 1. The largest absolute Gasteiger partial charge is 0.369 e. The first kappa shape index (κ1) is 19.6. The van der Waals surface area contributed by atoms with E-state index in [1.54, 1.807) is 18.3 Å². The van der Waals surface area contributed by atoms with E-state index in [0.717, 1.165) is 37.3 Å². The first-order valence-corrected chi connectivity index (χ1v) is 9.67. The molecule has 1 saturated heterocycles. The van der Waals surface area contributed by atoms with Crippen LogP contribution in [-0.4, -0.2) is 53.0 Å². The Morgan fingerprint density at radius 3 is 2.53 bits per heavy atom. The third-order valence-corrected chi connectivity index (χ3v) is 5.17. The van der Waals surface area contributed by atoms with Gasteiger partial charge in [0.1, 0.15) is 5.82 Å². The number of hydrogen-bond acceptors (Lipinski definition) is 8. The molecule has 2 heterocycles. The minimum atomic E-state index is -0.433. The van der Waals surface area contributed by atoms with Crippen LogP contribution in [0.5, 0.6) is 0 Å². The Labute approximate surface area is 174 Å². The number of non-ortho nitro benzene ring substituents is 1. The van der Waals surface area contributed by atoms with Crippen molar-refractivity contribution in [2.24, 2.45) is 0 Å². The minimum absolute atomic E-state index is 0.0000995. The minimum Gasteiger partial charge on any atom is -0.369 e. The maximum atomic E-state index is 11.1. The summed E-state index contributed by atoms with van der Waals surface area (Å²) < 4.78 is 0. The summed E-state index contributed by atoms with van der Waals surface area (Å²) in [7, 11) is 2.14. The summed E-state index contributed by atoms with van der Waals surface area (Å²) in [4.78, 5) is 23.7. The summed E-state index contributed by atoms with van der Waals surface area (Å²) in [5.74, 6) is 0.621. The maximum Gasteiger partial charge on any atom is 0.271 e. The van der Waals surface area contributed by atoms with E-state index in [0.29, 0.717) is 11.5 Å². The zero-order valence-corrected chi connectivity index (χ0v) is 16.7. The van der Waals surface area contributed by atoms with E-state index in [-0.39, 0.29) is 11.6 Å². The normalized spacial score (nSPS) is 14.5. The maximum absolute atomic E-state index is 11.1. The van der Waals surface area contributed by atoms with Crippen molar-refractivity contribution < 1.29 is 4.92 Å². The topological polar surface area (TPSA) is 113 Å². The highest BCUT2D eigenvalue weighted by Gasteiger charge is 2.15. The number of benzene rings is 2. The van der Waals surface area contributed by atoms with Crippen LogP contribution in [0.1, 0.15) is 0 Å². The molecule has 1 fully saturated rings. The van der Waals surface area contributed by atoms with E-state index < -0.39 is 4.92 Å². The Kier molecular flexibility index (Phi) is 5.44. The van der Waals surface area contributed by atoms with Gasteiger partial charge in [0.2, 0.25) is 5.95 Å². The van der Waals surface area contributed by atoms with Gasteiger partial charge in [-0.1, -0.05) is 18.2 Å². The number of nitrogen functional groups attached to an aromatic ring is 1. The van der Waals surface area contributed by atoms with Gasteiger partial charge in [-0.25, -0.2) is 4.98 Å². The summed E-state index contributed by atoms with van der Waals surface area (Å²) in [6.45, 7) is 4.09. The highest BCUT2D eigenvalue weighted by molar-refractivity contribution is 5.79. The van der Waals surface area contributed by atoms with Crippen molar-refractivity contribution in [2.45, 2.75) is 0 Å². The Morgan fingerprint density at radius 2 is 1.83 bits per heavy atom. The number of aromatic nitrogens is 2. The second-order valence-electron chi connectivity index (χ2n) is 7.26. The Balaban J connectivity index is 1.60. The van der Waals surface area contributed by atoms with Crippen LogP contribution >= 0.6 is 0 Å². The average molecular weight is 405 g/mol. The molecule has 0 amide bonds. The fraction of sp³-hybridized carbons (Fsp3) is 0.238. The lowest BCUT2D eigenvalue weighted by molar-refractivity contribution is -0.384. The van der Waals surface area contributed by atoms with E-state index in [1.165, 1.54) is 17.8 Å². The van der Waals surface area contributed by atoms with Gasteiger partial charge in [-0.2, -0.15) is 4.98 Å². The molecule has 0 atom stereocenters. The van der Waals surface area contributed by atoms with Crippen LogP contribution in [0.3, 0.4) is 0 Å². The molecule has 30 heavy (non-hydrogen) atoms. The first-order valence-electron chi connectivity index (χ1n) is 9.67. The van der Waals surface area contributed by atoms with Gasteiger partial charge in [0.25, 0.3) is 5.69 Å². The van der Waals surface area contributed by atoms with Gasteiger partial charge in [0.15, 0.2) is 0 Å². The third kappa shape index (κ3) is 4.31. The quantitative estimate of drug-likeness (QED) is 0.492. The van der Waals surface area contributed by atoms with Gasteiger partial charge in [-0.05, 0) is 30.8 Å². The molecule has 1 aliphatic heterocycles. The number of piperazine rings is 1. The van der Waals surface area contributed by atoms with Gasteiger partial charge in [-0.3, -0.25) is 10.1 Å². The predicted octanol–water partition coefficient (Wildman–Crippen LogP) is 3.13. The molecule has 0 radical (unpaired) electrons. The van der Waals surface area contributed by atoms with Crippen molar-refractivity contribution in [3.63, 3.8) is 0 Å². The fourth-order valence-electron chi connectivity index (χ4n) is 3.45. The molecule has 154 valence electrons. The SMILES string of the molecule is CN1CCN(c2ccc(-c3cnc(N)nc3Nc3cccc([N+](=O)[O-])c3)cc2)CC1. The number of anilines is 4. The molecule has 3 aromatic rings. The lowest BCUT2D eigenvalue weighted by atomic mass is 10.1. The average Bonchev–Trinajstić information content (AvgIpc) is 2.75. The molecule has 9 heteroatoms. The number of hydrogen-bond donors (Lipinski definition) is 2. The molecule has 0 aliphatic carbocycles. The number of nitro groups is 1.